The van der Waals surface area contributed by atoms with E-state index in [4.69, 9.17) is 4.74 Å². The smallest absolute Gasteiger partial charge is 0.147 e. The van der Waals surface area contributed by atoms with Crippen molar-refractivity contribution in [2.45, 2.75) is 18.8 Å². The van der Waals surface area contributed by atoms with Gasteiger partial charge in [0.05, 0.1) is 6.61 Å². The maximum Gasteiger partial charge on any atom is 0.147 e. The van der Waals surface area contributed by atoms with Crippen molar-refractivity contribution in [1.29, 1.82) is 0 Å². The highest BCUT2D eigenvalue weighted by molar-refractivity contribution is 7.90. The van der Waals surface area contributed by atoms with Crippen LogP contribution in [0.25, 0.3) is 0 Å². The number of nitrogens with one attached hydrogen (secondary N) is 1. The molecule has 0 fully saturated rings. The Hall–Kier alpha value is -0.980. The van der Waals surface area contributed by atoms with Crippen molar-refractivity contribution in [2.24, 2.45) is 0 Å². The average Bonchev–Trinajstić information content (AvgIpc) is 2.41. The van der Waals surface area contributed by atoms with Gasteiger partial charge < -0.3 is 10.1 Å². The molecule has 1 aromatic carbocycles. The largest absolute Gasteiger partial charge is 0.383 e. The number of hydrogen-bond acceptors (Lipinski definition) is 4. The van der Waals surface area contributed by atoms with E-state index < -0.39 is 9.84 Å². The molecule has 0 radical (unpaired) electrons. The second-order valence-corrected chi connectivity index (χ2v) is 7.48. The molecular weight excluding hydrogens is 293 g/mol. The summed E-state index contributed by atoms with van der Waals surface area (Å²) in [6.45, 7) is 2.08. The minimum atomic E-state index is -2.94. The first-order valence-electron chi connectivity index (χ1n) is 7.05. The summed E-state index contributed by atoms with van der Waals surface area (Å²) in [5.41, 5.74) is 1.02. The molecule has 1 aromatic rings. The fourth-order valence-corrected chi connectivity index (χ4v) is 2.86. The normalized spacial score (nSPS) is 13.3. The zero-order valence-corrected chi connectivity index (χ0v) is 13.5. The van der Waals surface area contributed by atoms with Gasteiger partial charge in [-0.2, -0.15) is 0 Å². The molecule has 0 heterocycles. The molecule has 4 nitrogen and oxygen atoms in total. The minimum absolute atomic E-state index is 0.171. The molecule has 0 saturated carbocycles. The van der Waals surface area contributed by atoms with Crippen LogP contribution in [0.2, 0.25) is 0 Å². The van der Waals surface area contributed by atoms with Crippen LogP contribution >= 0.6 is 0 Å². The lowest BCUT2D eigenvalue weighted by Gasteiger charge is -2.18. The predicted octanol–water partition coefficient (Wildman–Crippen LogP) is 1.97. The fourth-order valence-electron chi connectivity index (χ4n) is 2.16. The number of sulfone groups is 1. The molecule has 0 saturated heterocycles. The van der Waals surface area contributed by atoms with Crippen molar-refractivity contribution in [3.05, 3.63) is 35.6 Å². The Labute approximate surface area is 126 Å². The van der Waals surface area contributed by atoms with Crippen LogP contribution in [0, 0.1) is 5.82 Å². The van der Waals surface area contributed by atoms with E-state index in [1.165, 1.54) is 18.4 Å². The molecule has 0 aliphatic heterocycles. The molecule has 0 aliphatic rings. The molecule has 0 bridgehead atoms. The summed E-state index contributed by atoms with van der Waals surface area (Å²) in [4.78, 5) is 0. The fraction of sp³-hybridized carbons (Fsp3) is 0.600. The highest BCUT2D eigenvalue weighted by atomic mass is 32.2. The molecule has 0 aliphatic carbocycles. The van der Waals surface area contributed by atoms with E-state index in [-0.39, 0.29) is 17.5 Å². The zero-order valence-electron chi connectivity index (χ0n) is 12.6. The van der Waals surface area contributed by atoms with Gasteiger partial charge >= 0.3 is 0 Å². The number of hydrogen-bond donors (Lipinski definition) is 1. The summed E-state index contributed by atoms with van der Waals surface area (Å²) in [5, 5.41) is 3.28. The molecule has 0 amide bonds. The maximum absolute atomic E-state index is 13.0. The molecule has 1 atom stereocenters. The SMILES string of the molecule is COCCNCC(CCCS(C)(=O)=O)c1ccc(F)cc1. The van der Waals surface area contributed by atoms with E-state index in [0.29, 0.717) is 13.0 Å². The second kappa shape index (κ2) is 9.12. The summed E-state index contributed by atoms with van der Waals surface area (Å²) in [7, 11) is -1.29. The quantitative estimate of drug-likeness (QED) is 0.670. The predicted molar refractivity (Wildman–Crippen MR) is 82.8 cm³/mol. The van der Waals surface area contributed by atoms with Crippen LogP contribution in [-0.2, 0) is 14.6 Å². The number of ether oxygens (including phenoxy) is 1. The minimum Gasteiger partial charge on any atom is -0.383 e. The lowest BCUT2D eigenvalue weighted by molar-refractivity contribution is 0.198. The van der Waals surface area contributed by atoms with Gasteiger partial charge in [-0.25, -0.2) is 12.8 Å². The van der Waals surface area contributed by atoms with Crippen molar-refractivity contribution in [2.75, 3.05) is 38.8 Å². The van der Waals surface area contributed by atoms with E-state index in [1.807, 2.05) is 0 Å². The maximum atomic E-state index is 13.0. The van der Waals surface area contributed by atoms with Gasteiger partial charge in [0, 0.05) is 32.2 Å². The molecule has 0 spiro atoms. The molecule has 6 heteroatoms. The van der Waals surface area contributed by atoms with Crippen molar-refractivity contribution in [3.8, 4) is 0 Å². The van der Waals surface area contributed by atoms with Gasteiger partial charge in [0.25, 0.3) is 0 Å². The van der Waals surface area contributed by atoms with Crippen molar-refractivity contribution >= 4 is 9.84 Å². The molecule has 1 N–H and O–H groups in total. The van der Waals surface area contributed by atoms with Gasteiger partial charge in [-0.15, -0.1) is 0 Å². The second-order valence-electron chi connectivity index (χ2n) is 5.22. The standard InChI is InChI=1S/C15H24FNO3S/c1-20-10-9-17-12-14(4-3-11-21(2,18)19)13-5-7-15(16)8-6-13/h5-8,14,17H,3-4,9-12H2,1-2H3. The first kappa shape index (κ1) is 18.1. The van der Waals surface area contributed by atoms with E-state index in [1.54, 1.807) is 19.2 Å². The molecule has 0 aromatic heterocycles. The Kier molecular flexibility index (Phi) is 7.85. The summed E-state index contributed by atoms with van der Waals surface area (Å²) in [6, 6.07) is 6.40. The number of rotatable bonds is 10. The number of benzene rings is 1. The first-order valence-corrected chi connectivity index (χ1v) is 9.11. The van der Waals surface area contributed by atoms with Gasteiger partial charge in [-0.05, 0) is 36.5 Å². The van der Waals surface area contributed by atoms with Gasteiger partial charge in [0.2, 0.25) is 0 Å². The van der Waals surface area contributed by atoms with Crippen LogP contribution in [0.1, 0.15) is 24.3 Å². The Balaban J connectivity index is 2.58. The first-order chi connectivity index (χ1) is 9.92. The van der Waals surface area contributed by atoms with Crippen molar-refractivity contribution < 1.29 is 17.5 Å². The van der Waals surface area contributed by atoms with E-state index >= 15 is 0 Å². The van der Waals surface area contributed by atoms with Crippen molar-refractivity contribution in [1.82, 2.24) is 5.32 Å². The van der Waals surface area contributed by atoms with Crippen LogP contribution in [0.3, 0.4) is 0 Å². The van der Waals surface area contributed by atoms with Gasteiger partial charge in [0.15, 0.2) is 0 Å². The Morgan fingerprint density at radius 1 is 1.29 bits per heavy atom. The van der Waals surface area contributed by atoms with Crippen molar-refractivity contribution in [3.63, 3.8) is 0 Å². The zero-order chi connectivity index (χ0) is 15.7. The monoisotopic (exact) mass is 317 g/mol. The van der Waals surface area contributed by atoms with E-state index in [0.717, 1.165) is 25.1 Å². The lowest BCUT2D eigenvalue weighted by Crippen LogP contribution is -2.25. The highest BCUT2D eigenvalue weighted by Gasteiger charge is 2.13. The third-order valence-corrected chi connectivity index (χ3v) is 4.31. The van der Waals surface area contributed by atoms with Crippen LogP contribution in [0.4, 0.5) is 4.39 Å². The summed E-state index contributed by atoms with van der Waals surface area (Å²) in [6.07, 6.45) is 2.60. The Morgan fingerprint density at radius 2 is 1.95 bits per heavy atom. The number of methoxy groups -OCH3 is 1. The molecular formula is C15H24FNO3S. The Bertz CT molecular complexity index is 502. The summed E-state index contributed by atoms with van der Waals surface area (Å²) < 4.78 is 40.4. The van der Waals surface area contributed by atoms with E-state index in [9.17, 15) is 12.8 Å². The van der Waals surface area contributed by atoms with E-state index in [2.05, 4.69) is 5.32 Å². The summed E-state index contributed by atoms with van der Waals surface area (Å²) >= 11 is 0. The summed E-state index contributed by atoms with van der Waals surface area (Å²) in [5.74, 6) is 0.0909. The molecule has 21 heavy (non-hydrogen) atoms. The third-order valence-electron chi connectivity index (χ3n) is 3.28. The van der Waals surface area contributed by atoms with Crippen LogP contribution in [0.15, 0.2) is 24.3 Å². The topological polar surface area (TPSA) is 55.4 Å². The molecule has 1 rings (SSSR count). The van der Waals surface area contributed by atoms with Gasteiger partial charge in [-0.1, -0.05) is 12.1 Å². The van der Waals surface area contributed by atoms with Crippen LogP contribution in [0.5, 0.6) is 0 Å². The third kappa shape index (κ3) is 8.14. The molecule has 1 unspecified atom stereocenters. The van der Waals surface area contributed by atoms with Crippen LogP contribution in [-0.4, -0.2) is 47.2 Å². The molecule has 120 valence electrons. The Morgan fingerprint density at radius 3 is 2.52 bits per heavy atom. The van der Waals surface area contributed by atoms with Gasteiger partial charge in [-0.3, -0.25) is 0 Å². The average molecular weight is 317 g/mol. The lowest BCUT2D eigenvalue weighted by atomic mass is 9.94. The van der Waals surface area contributed by atoms with Crippen LogP contribution < -0.4 is 5.32 Å². The van der Waals surface area contributed by atoms with Gasteiger partial charge in [0.1, 0.15) is 15.7 Å². The number of halogens is 1. The highest BCUT2D eigenvalue weighted by Crippen LogP contribution is 2.21.